The zero-order valence-electron chi connectivity index (χ0n) is 9.85. The molecule has 0 unspecified atom stereocenters. The third-order valence-electron chi connectivity index (χ3n) is 2.54. The Morgan fingerprint density at radius 1 is 1.35 bits per heavy atom. The molecule has 0 bridgehead atoms. The number of ether oxygens (including phenoxy) is 1. The van der Waals surface area contributed by atoms with Crippen LogP contribution in [0.4, 0.5) is 5.69 Å². The van der Waals surface area contributed by atoms with Crippen molar-refractivity contribution >= 4 is 17.0 Å². The van der Waals surface area contributed by atoms with Gasteiger partial charge in [-0.05, 0) is 18.1 Å². The molecule has 2 N–H and O–H groups in total. The Kier molecular flexibility index (Phi) is 3.98. The van der Waals surface area contributed by atoms with Gasteiger partial charge in [-0.2, -0.15) is 0 Å². The molecule has 0 atom stereocenters. The summed E-state index contributed by atoms with van der Waals surface area (Å²) in [5, 5.41) is 2.78. The van der Waals surface area contributed by atoms with Crippen LogP contribution in [0.1, 0.15) is 18.2 Å². The molecule has 0 amide bonds. The van der Waals surface area contributed by atoms with E-state index in [2.05, 4.69) is 11.9 Å². The highest BCUT2D eigenvalue weighted by molar-refractivity contribution is 7.11. The maximum Gasteiger partial charge on any atom is 0.273 e. The van der Waals surface area contributed by atoms with Gasteiger partial charge in [-0.25, -0.2) is 4.98 Å². The molecular weight excluding hydrogens is 232 g/mol. The third kappa shape index (κ3) is 3.20. The molecule has 3 nitrogen and oxygen atoms in total. The molecule has 0 aliphatic heterocycles. The molecule has 1 aromatic heterocycles. The number of nitrogen functional groups attached to an aromatic ring is 1. The summed E-state index contributed by atoms with van der Waals surface area (Å²) in [4.78, 5) is 4.35. The third-order valence-corrected chi connectivity index (χ3v) is 3.35. The lowest BCUT2D eigenvalue weighted by Crippen LogP contribution is -2.03. The first-order valence-electron chi connectivity index (χ1n) is 5.70. The number of hydrogen-bond donors (Lipinski definition) is 1. The summed E-state index contributed by atoms with van der Waals surface area (Å²) in [6, 6.07) is 7.87. The van der Waals surface area contributed by atoms with E-state index in [4.69, 9.17) is 10.5 Å². The molecule has 90 valence electrons. The zero-order valence-corrected chi connectivity index (χ0v) is 10.7. The number of aryl methyl sites for hydroxylation is 1. The van der Waals surface area contributed by atoms with E-state index >= 15 is 0 Å². The van der Waals surface area contributed by atoms with Crippen LogP contribution in [0, 0.1) is 0 Å². The van der Waals surface area contributed by atoms with Gasteiger partial charge in [0, 0.05) is 17.5 Å². The fraction of sp³-hybridized carbons (Fsp3) is 0.308. The number of para-hydroxylation sites is 1. The molecule has 0 fully saturated rings. The monoisotopic (exact) mass is 248 g/mol. The Morgan fingerprint density at radius 2 is 2.18 bits per heavy atom. The molecular formula is C13H16N2OS. The largest absolute Gasteiger partial charge is 0.470 e. The summed E-state index contributed by atoms with van der Waals surface area (Å²) in [7, 11) is 0. The van der Waals surface area contributed by atoms with Crippen LogP contribution in [0.25, 0.3) is 0 Å². The van der Waals surface area contributed by atoms with Crippen molar-refractivity contribution in [3.63, 3.8) is 0 Å². The van der Waals surface area contributed by atoms with Gasteiger partial charge in [0.1, 0.15) is 0 Å². The van der Waals surface area contributed by atoms with Crippen molar-refractivity contribution in [1.82, 2.24) is 4.98 Å². The quantitative estimate of drug-likeness (QED) is 0.828. The van der Waals surface area contributed by atoms with Gasteiger partial charge in [-0.15, -0.1) is 0 Å². The van der Waals surface area contributed by atoms with Crippen molar-refractivity contribution in [2.75, 3.05) is 12.3 Å². The van der Waals surface area contributed by atoms with Gasteiger partial charge >= 0.3 is 0 Å². The number of aromatic nitrogens is 1. The van der Waals surface area contributed by atoms with E-state index in [1.807, 2.05) is 29.6 Å². The summed E-state index contributed by atoms with van der Waals surface area (Å²) in [6.45, 7) is 2.70. The van der Waals surface area contributed by atoms with E-state index in [-0.39, 0.29) is 0 Å². The molecule has 0 spiro atoms. The van der Waals surface area contributed by atoms with E-state index < -0.39 is 0 Å². The average Bonchev–Trinajstić information content (AvgIpc) is 2.80. The van der Waals surface area contributed by atoms with Crippen LogP contribution in [-0.4, -0.2) is 11.6 Å². The SMILES string of the molecule is CCc1csc(OCCc2ccccc2N)n1. The maximum atomic E-state index is 5.86. The van der Waals surface area contributed by atoms with Gasteiger partial charge < -0.3 is 10.5 Å². The molecule has 0 saturated heterocycles. The maximum absolute atomic E-state index is 5.86. The minimum Gasteiger partial charge on any atom is -0.470 e. The molecule has 0 radical (unpaired) electrons. The Labute approximate surface area is 105 Å². The van der Waals surface area contributed by atoms with Crippen molar-refractivity contribution in [2.45, 2.75) is 19.8 Å². The van der Waals surface area contributed by atoms with Crippen LogP contribution in [-0.2, 0) is 12.8 Å². The van der Waals surface area contributed by atoms with Gasteiger partial charge in [0.15, 0.2) is 0 Å². The molecule has 17 heavy (non-hydrogen) atoms. The number of nitrogens with two attached hydrogens (primary N) is 1. The molecule has 0 aliphatic rings. The predicted octanol–water partition coefficient (Wildman–Crippen LogP) is 2.91. The van der Waals surface area contributed by atoms with Crippen LogP contribution in [0.15, 0.2) is 29.6 Å². The topological polar surface area (TPSA) is 48.1 Å². The molecule has 2 rings (SSSR count). The molecule has 2 aromatic rings. The van der Waals surface area contributed by atoms with Crippen LogP contribution in [0.3, 0.4) is 0 Å². The van der Waals surface area contributed by atoms with Crippen LogP contribution < -0.4 is 10.5 Å². The predicted molar refractivity (Wildman–Crippen MR) is 71.5 cm³/mol. The van der Waals surface area contributed by atoms with Crippen molar-refractivity contribution in [1.29, 1.82) is 0 Å². The summed E-state index contributed by atoms with van der Waals surface area (Å²) in [5.41, 5.74) is 8.89. The van der Waals surface area contributed by atoms with Crippen LogP contribution in [0.5, 0.6) is 5.19 Å². The molecule has 4 heteroatoms. The smallest absolute Gasteiger partial charge is 0.273 e. The highest BCUT2D eigenvalue weighted by atomic mass is 32.1. The van der Waals surface area contributed by atoms with E-state index in [0.717, 1.165) is 35.0 Å². The number of hydrogen-bond acceptors (Lipinski definition) is 4. The summed E-state index contributed by atoms with van der Waals surface area (Å²) >= 11 is 1.55. The molecule has 0 saturated carbocycles. The van der Waals surface area contributed by atoms with Crippen molar-refractivity contribution in [3.8, 4) is 5.19 Å². The van der Waals surface area contributed by atoms with Gasteiger partial charge in [0.25, 0.3) is 5.19 Å². The fourth-order valence-corrected chi connectivity index (χ4v) is 2.30. The minimum atomic E-state index is 0.616. The van der Waals surface area contributed by atoms with Crippen molar-refractivity contribution in [3.05, 3.63) is 40.9 Å². The van der Waals surface area contributed by atoms with Gasteiger partial charge in [-0.3, -0.25) is 0 Å². The highest BCUT2D eigenvalue weighted by Gasteiger charge is 2.02. The second kappa shape index (κ2) is 5.68. The highest BCUT2D eigenvalue weighted by Crippen LogP contribution is 2.19. The van der Waals surface area contributed by atoms with Crippen molar-refractivity contribution < 1.29 is 4.74 Å². The number of anilines is 1. The second-order valence-corrected chi connectivity index (χ2v) is 4.58. The Morgan fingerprint density at radius 3 is 2.88 bits per heavy atom. The average molecular weight is 248 g/mol. The first kappa shape index (κ1) is 11.9. The molecule has 1 heterocycles. The van der Waals surface area contributed by atoms with Gasteiger partial charge in [0.05, 0.1) is 12.3 Å². The molecule has 0 aliphatic carbocycles. The Balaban J connectivity index is 1.85. The van der Waals surface area contributed by atoms with E-state index in [0.29, 0.717) is 6.61 Å². The molecule has 1 aromatic carbocycles. The number of nitrogens with zero attached hydrogens (tertiary/aromatic N) is 1. The second-order valence-electron chi connectivity index (χ2n) is 3.76. The first-order chi connectivity index (χ1) is 8.29. The summed E-state index contributed by atoms with van der Waals surface area (Å²) in [5.74, 6) is 0. The summed E-state index contributed by atoms with van der Waals surface area (Å²) < 4.78 is 5.60. The summed E-state index contributed by atoms with van der Waals surface area (Å²) in [6.07, 6.45) is 1.76. The Bertz CT molecular complexity index is 482. The number of benzene rings is 1. The zero-order chi connectivity index (χ0) is 12.1. The van der Waals surface area contributed by atoms with Gasteiger partial charge in [-0.1, -0.05) is 36.5 Å². The lowest BCUT2D eigenvalue weighted by Gasteiger charge is -2.05. The van der Waals surface area contributed by atoms with Crippen molar-refractivity contribution in [2.24, 2.45) is 0 Å². The van der Waals surface area contributed by atoms with Gasteiger partial charge in [0.2, 0.25) is 0 Å². The Hall–Kier alpha value is -1.55. The standard InChI is InChI=1S/C13H16N2OS/c1-2-11-9-17-13(15-11)16-8-7-10-5-3-4-6-12(10)14/h3-6,9H,2,7-8,14H2,1H3. The first-order valence-corrected chi connectivity index (χ1v) is 6.58. The fourth-order valence-electron chi connectivity index (χ4n) is 1.53. The number of rotatable bonds is 5. The van der Waals surface area contributed by atoms with Crippen LogP contribution in [0.2, 0.25) is 0 Å². The normalized spacial score (nSPS) is 10.4. The van der Waals surface area contributed by atoms with E-state index in [9.17, 15) is 0 Å². The lowest BCUT2D eigenvalue weighted by atomic mass is 10.1. The minimum absolute atomic E-state index is 0.616. The van der Waals surface area contributed by atoms with E-state index in [1.54, 1.807) is 11.3 Å². The van der Waals surface area contributed by atoms with E-state index in [1.165, 1.54) is 0 Å². The van der Waals surface area contributed by atoms with Crippen LogP contribution >= 0.6 is 11.3 Å². The lowest BCUT2D eigenvalue weighted by molar-refractivity contribution is 0.320. The number of thiazole rings is 1.